The minimum Gasteiger partial charge on any atom is -0.457 e. The van der Waals surface area contributed by atoms with Crippen LogP contribution in [0.15, 0.2) is 279 Å². The average molecular weight is 1170 g/mol. The lowest BCUT2D eigenvalue weighted by atomic mass is 9.95. The van der Waals surface area contributed by atoms with Gasteiger partial charge in [-0.05, 0) is 181 Å². The molecule has 0 radical (unpaired) electrons. The van der Waals surface area contributed by atoms with Crippen molar-refractivity contribution in [3.8, 4) is 79.7 Å². The van der Waals surface area contributed by atoms with Gasteiger partial charge in [0.2, 0.25) is 0 Å². The molecule has 13 heteroatoms. The van der Waals surface area contributed by atoms with Crippen LogP contribution in [0, 0.1) is 0 Å². The van der Waals surface area contributed by atoms with Crippen LogP contribution in [-0.2, 0) is 0 Å². The molecule has 0 atom stereocenters. The number of hydrogen-bond acceptors (Lipinski definition) is 13. The number of carbonyl (C=O) groups excluding carboxylic acids is 4. The number of ketones is 4. The second kappa shape index (κ2) is 25.4. The van der Waals surface area contributed by atoms with Crippen molar-refractivity contribution in [1.82, 2.24) is 0 Å². The van der Waals surface area contributed by atoms with E-state index >= 15 is 0 Å². The van der Waals surface area contributed by atoms with Crippen molar-refractivity contribution in [1.29, 1.82) is 0 Å². The molecule has 432 valence electrons. The molecule has 0 unspecified atom stereocenters. The van der Waals surface area contributed by atoms with E-state index in [-0.39, 0.29) is 45.8 Å². The molecule has 0 saturated carbocycles. The summed E-state index contributed by atoms with van der Waals surface area (Å²) in [5.74, 6) is 3.38. The largest absolute Gasteiger partial charge is 0.457 e. The molecule has 12 rings (SSSR count). The van der Waals surface area contributed by atoms with Crippen LogP contribution >= 0.6 is 0 Å². The van der Waals surface area contributed by atoms with Gasteiger partial charge in [0.15, 0.2) is 23.1 Å². The minimum atomic E-state index is -0.333. The van der Waals surface area contributed by atoms with Crippen molar-refractivity contribution in [2.45, 2.75) is 0 Å². The molecule has 12 aromatic carbocycles. The first kappa shape index (κ1) is 57.0. The molecule has 0 aliphatic heterocycles. The summed E-state index contributed by atoms with van der Waals surface area (Å²) in [6.07, 6.45) is 0. The summed E-state index contributed by atoms with van der Waals surface area (Å²) in [6.45, 7) is 0. The van der Waals surface area contributed by atoms with E-state index in [9.17, 15) is 19.2 Å². The summed E-state index contributed by atoms with van der Waals surface area (Å²) in [6, 6.07) is 79.8. The highest BCUT2D eigenvalue weighted by Crippen LogP contribution is 2.41. The summed E-state index contributed by atoms with van der Waals surface area (Å²) in [5, 5.41) is 0. The van der Waals surface area contributed by atoms with E-state index in [1.165, 1.54) is 0 Å². The number of benzene rings is 12. The zero-order valence-electron chi connectivity index (χ0n) is 47.5. The van der Waals surface area contributed by atoms with Crippen LogP contribution in [0.4, 0.5) is 22.7 Å². The number of rotatable bonds is 20. The maximum atomic E-state index is 14.7. The summed E-state index contributed by atoms with van der Waals surface area (Å²) < 4.78 is 31.4. The van der Waals surface area contributed by atoms with Gasteiger partial charge in [-0.15, -0.1) is 0 Å². The van der Waals surface area contributed by atoms with Gasteiger partial charge in [-0.2, -0.15) is 0 Å². The highest BCUT2D eigenvalue weighted by atomic mass is 16.5. The first-order valence-corrected chi connectivity index (χ1v) is 28.2. The Kier molecular flexibility index (Phi) is 16.3. The zero-order valence-corrected chi connectivity index (χ0v) is 47.5. The van der Waals surface area contributed by atoms with Crippen LogP contribution in [0.3, 0.4) is 0 Å². The predicted octanol–water partition coefficient (Wildman–Crippen LogP) is 17.2. The monoisotopic (exact) mass is 1170 g/mol. The van der Waals surface area contributed by atoms with Crippen molar-refractivity contribution in [2.75, 3.05) is 22.9 Å². The molecule has 0 heterocycles. The van der Waals surface area contributed by atoms with Crippen LogP contribution in [0.5, 0.6) is 57.5 Å². The van der Waals surface area contributed by atoms with Gasteiger partial charge in [-0.25, -0.2) is 0 Å². The van der Waals surface area contributed by atoms with E-state index in [0.29, 0.717) is 124 Å². The van der Waals surface area contributed by atoms with Gasteiger partial charge in [0.05, 0.1) is 0 Å². The Morgan fingerprint density at radius 2 is 0.449 bits per heavy atom. The Hall–Kier alpha value is -12.5. The SMILES string of the molecule is Nc1ccc(Oc2cccc(C(=O)c3ccc(-c4ccc(C(=O)c5cccc(Oc6ccc(N)cc6)c5)cc4Oc4cc(C(=O)c5cccc(Oc6ccc(N)cc6)c5)ccc4-c4ccc(C(=O)c5cccc(Oc6ccc(N)cc6)c5)cc4)cc3)c2)cc1. The van der Waals surface area contributed by atoms with E-state index < -0.39 is 0 Å². The van der Waals surface area contributed by atoms with Crippen molar-refractivity contribution < 1.29 is 42.9 Å². The van der Waals surface area contributed by atoms with Gasteiger partial charge in [0.25, 0.3) is 0 Å². The normalized spacial score (nSPS) is 10.8. The number of ether oxygens (including phenoxy) is 5. The molecule has 0 fully saturated rings. The summed E-state index contributed by atoms with van der Waals surface area (Å²) in [4.78, 5) is 57.7. The third kappa shape index (κ3) is 13.6. The molecule has 89 heavy (non-hydrogen) atoms. The molecule has 0 aromatic heterocycles. The van der Waals surface area contributed by atoms with Crippen molar-refractivity contribution in [2.24, 2.45) is 0 Å². The Balaban J connectivity index is 0.913. The van der Waals surface area contributed by atoms with Crippen molar-refractivity contribution >= 4 is 45.9 Å². The predicted molar refractivity (Wildman–Crippen MR) is 347 cm³/mol. The zero-order chi connectivity index (χ0) is 61.4. The number of hydrogen-bond donors (Lipinski definition) is 4. The quantitative estimate of drug-likeness (QED) is 0.0413. The molecule has 0 spiro atoms. The molecular weight excluding hydrogens is 1110 g/mol. The molecular formula is C76H54N4O9. The highest BCUT2D eigenvalue weighted by Gasteiger charge is 2.22. The molecule has 0 amide bonds. The van der Waals surface area contributed by atoms with Gasteiger partial charge in [-0.3, -0.25) is 19.2 Å². The number of nitrogens with two attached hydrogens (primary N) is 4. The Morgan fingerprint density at radius 1 is 0.213 bits per heavy atom. The average Bonchev–Trinajstić information content (AvgIpc) is 3.70. The Labute approximate surface area is 512 Å². The molecule has 13 nitrogen and oxygen atoms in total. The Morgan fingerprint density at radius 3 is 0.719 bits per heavy atom. The van der Waals surface area contributed by atoms with Crippen molar-refractivity contribution in [3.63, 3.8) is 0 Å². The number of nitrogen functional groups attached to an aromatic ring is 4. The third-order valence-corrected chi connectivity index (χ3v) is 14.5. The highest BCUT2D eigenvalue weighted by molar-refractivity contribution is 6.12. The van der Waals surface area contributed by atoms with E-state index in [2.05, 4.69) is 0 Å². The first-order chi connectivity index (χ1) is 43.3. The molecule has 0 aliphatic rings. The van der Waals surface area contributed by atoms with Gasteiger partial charge >= 0.3 is 0 Å². The smallest absolute Gasteiger partial charge is 0.193 e. The molecule has 0 aliphatic carbocycles. The van der Waals surface area contributed by atoms with Crippen LogP contribution in [-0.4, -0.2) is 23.1 Å². The van der Waals surface area contributed by atoms with E-state index in [0.717, 1.165) is 0 Å². The third-order valence-electron chi connectivity index (χ3n) is 14.5. The van der Waals surface area contributed by atoms with Crippen LogP contribution in [0.25, 0.3) is 22.3 Å². The Bertz CT molecular complexity index is 4310. The van der Waals surface area contributed by atoms with Gasteiger partial charge < -0.3 is 46.6 Å². The lowest BCUT2D eigenvalue weighted by Gasteiger charge is -2.18. The lowest BCUT2D eigenvalue weighted by molar-refractivity contribution is 0.103. The van der Waals surface area contributed by atoms with Crippen LogP contribution in [0.2, 0.25) is 0 Å². The standard InChI is InChI=1S/C76H54N4O9/c77-57-23-31-61(32-24-57)85-65-9-1-5-51(41-65)73(81)49-17-13-47(14-18-49)69-39-21-55(75(83)53-7-3-11-67(43-53)87-63-35-27-59(79)28-36-63)45-71(69)89-72-46-56(76(84)54-8-4-12-68(44-54)88-64-37-29-60(80)30-38-64)22-40-70(72)48-15-19-50(20-16-48)74(82)52-6-2-10-66(42-52)86-62-33-25-58(78)26-34-62/h1-46H,77-80H2. The maximum absolute atomic E-state index is 14.7. The van der Waals surface area contributed by atoms with E-state index in [4.69, 9.17) is 46.6 Å². The second-order valence-corrected chi connectivity index (χ2v) is 20.8. The molecule has 12 aromatic rings. The number of carbonyl (C=O) groups is 4. The minimum absolute atomic E-state index is 0.238. The number of anilines is 4. The van der Waals surface area contributed by atoms with Crippen LogP contribution < -0.4 is 46.6 Å². The van der Waals surface area contributed by atoms with Gasteiger partial charge in [0.1, 0.15) is 57.5 Å². The van der Waals surface area contributed by atoms with E-state index in [1.807, 2.05) is 0 Å². The molecule has 0 saturated heterocycles. The summed E-state index contributed by atoms with van der Waals surface area (Å²) in [7, 11) is 0. The fraction of sp³-hybridized carbons (Fsp3) is 0. The lowest BCUT2D eigenvalue weighted by Crippen LogP contribution is -2.05. The summed E-state index contributed by atoms with van der Waals surface area (Å²) in [5.41, 5.74) is 31.2. The topological polar surface area (TPSA) is 219 Å². The summed E-state index contributed by atoms with van der Waals surface area (Å²) >= 11 is 0. The maximum Gasteiger partial charge on any atom is 0.193 e. The fourth-order valence-electron chi connectivity index (χ4n) is 9.85. The van der Waals surface area contributed by atoms with Gasteiger partial charge in [-0.1, -0.05) is 109 Å². The fourth-order valence-corrected chi connectivity index (χ4v) is 9.85. The van der Waals surface area contributed by atoms with Crippen LogP contribution in [0.1, 0.15) is 63.7 Å². The second-order valence-electron chi connectivity index (χ2n) is 20.8. The first-order valence-electron chi connectivity index (χ1n) is 28.2. The van der Waals surface area contributed by atoms with E-state index in [1.54, 1.807) is 279 Å². The molecule has 0 bridgehead atoms. The van der Waals surface area contributed by atoms with Crippen molar-refractivity contribution in [3.05, 3.63) is 324 Å². The molecule has 8 N–H and O–H groups in total. The van der Waals surface area contributed by atoms with Gasteiger partial charge in [0, 0.05) is 78.4 Å².